The molecule has 2 aliphatic rings. The Morgan fingerprint density at radius 3 is 2.59 bits per heavy atom. The summed E-state index contributed by atoms with van der Waals surface area (Å²) in [7, 11) is 3.51. The van der Waals surface area contributed by atoms with Gasteiger partial charge in [0.1, 0.15) is 4.91 Å². The molecule has 0 saturated carbocycles. The van der Waals surface area contributed by atoms with E-state index in [9.17, 15) is 0 Å². The summed E-state index contributed by atoms with van der Waals surface area (Å²) in [5, 5.41) is 20.1. The van der Waals surface area contributed by atoms with Crippen molar-refractivity contribution in [1.29, 1.82) is 5.41 Å². The number of rotatable bonds is 0. The number of guanidine groups is 2. The summed E-state index contributed by atoms with van der Waals surface area (Å²) < 4.78 is 0. The summed E-state index contributed by atoms with van der Waals surface area (Å²) in [6.07, 6.45) is 5.63. The predicted octanol–water partition coefficient (Wildman–Crippen LogP) is 1.40. The molecule has 1 unspecified atom stereocenters. The third-order valence-electron chi connectivity index (χ3n) is 2.55. The molecule has 2 rings (SSSR count). The molecule has 0 aromatic carbocycles. The van der Waals surface area contributed by atoms with Gasteiger partial charge in [-0.3, -0.25) is 5.41 Å². The van der Waals surface area contributed by atoms with Gasteiger partial charge in [0.2, 0.25) is 5.96 Å². The van der Waals surface area contributed by atoms with Gasteiger partial charge in [0, 0.05) is 19.7 Å². The van der Waals surface area contributed by atoms with Gasteiger partial charge in [-0.25, -0.2) is 20.4 Å². The molecule has 118 valence electrons. The molecule has 0 aromatic heterocycles. The van der Waals surface area contributed by atoms with E-state index in [1.807, 2.05) is 25.2 Å². The predicted molar refractivity (Wildman–Crippen MR) is 83.5 cm³/mol. The zero-order chi connectivity index (χ0) is 16.9. The fourth-order valence-corrected chi connectivity index (χ4v) is 1.76. The third kappa shape index (κ3) is 5.09. The first-order chi connectivity index (χ1) is 10.2. The third-order valence-corrected chi connectivity index (χ3v) is 2.82. The topological polar surface area (TPSA) is 125 Å². The fraction of sp³-hybridized carbons (Fsp3) is 0.333. The van der Waals surface area contributed by atoms with Gasteiger partial charge in [-0.2, -0.15) is 4.99 Å². The second-order valence-corrected chi connectivity index (χ2v) is 4.96. The molecule has 1 aliphatic carbocycles. The zero-order valence-electron chi connectivity index (χ0n) is 12.2. The van der Waals surface area contributed by atoms with Crippen molar-refractivity contribution in [1.82, 2.24) is 4.90 Å². The normalized spacial score (nSPS) is 20.8. The van der Waals surface area contributed by atoms with Crippen LogP contribution in [0.3, 0.4) is 0 Å². The molecule has 0 amide bonds. The number of hydrogen-bond donors (Lipinski definition) is 3. The highest BCUT2D eigenvalue weighted by atomic mass is 35.5. The molecule has 1 aliphatic heterocycles. The van der Waals surface area contributed by atoms with Gasteiger partial charge in [0.05, 0.1) is 16.8 Å². The van der Waals surface area contributed by atoms with Gasteiger partial charge < -0.3 is 4.90 Å². The maximum atomic E-state index is 8.47. The second kappa shape index (κ2) is 7.46. The Balaban J connectivity index is 0.000000541. The van der Waals surface area contributed by atoms with E-state index >= 15 is 0 Å². The van der Waals surface area contributed by atoms with Crippen molar-refractivity contribution < 1.29 is 15.5 Å². The lowest BCUT2D eigenvalue weighted by molar-refractivity contribution is -0.969. The van der Waals surface area contributed by atoms with E-state index in [4.69, 9.17) is 32.3 Å². The van der Waals surface area contributed by atoms with Crippen molar-refractivity contribution in [3.8, 4) is 0 Å². The highest BCUT2D eigenvalue weighted by Gasteiger charge is 2.19. The summed E-state index contributed by atoms with van der Waals surface area (Å²) in [4.78, 5) is 22.7. The maximum absolute atomic E-state index is 8.47. The minimum Gasteiger partial charge on any atom is -0.347 e. The van der Waals surface area contributed by atoms with Gasteiger partial charge in [0.15, 0.2) is 0 Å². The number of fused-ring (bicyclic) bond motifs is 1. The molecule has 1 atom stereocenters. The van der Waals surface area contributed by atoms with Crippen molar-refractivity contribution >= 4 is 34.9 Å². The fourth-order valence-electron chi connectivity index (χ4n) is 1.56. The Morgan fingerprint density at radius 2 is 2.05 bits per heavy atom. The van der Waals surface area contributed by atoms with Crippen LogP contribution in [0.2, 0.25) is 0 Å². The average molecular weight is 328 g/mol. The zero-order valence-corrected chi connectivity index (χ0v) is 13.0. The Kier molecular flexibility index (Phi) is 5.93. The van der Waals surface area contributed by atoms with Crippen molar-refractivity contribution in [2.45, 2.75) is 12.3 Å². The van der Waals surface area contributed by atoms with Crippen LogP contribution < -0.4 is 0 Å². The quantitative estimate of drug-likeness (QED) is 0.269. The molecule has 22 heavy (non-hydrogen) atoms. The minimum atomic E-state index is -1.25. The number of halogens is 1. The van der Waals surface area contributed by atoms with Crippen molar-refractivity contribution in [3.05, 3.63) is 28.7 Å². The van der Waals surface area contributed by atoms with Gasteiger partial charge in [-0.05, 0) is 13.0 Å². The van der Waals surface area contributed by atoms with Crippen LogP contribution in [-0.2, 0) is 0 Å². The maximum Gasteiger partial charge on any atom is 0.472 e. The van der Waals surface area contributed by atoms with Crippen molar-refractivity contribution in [2.24, 2.45) is 15.0 Å². The smallest absolute Gasteiger partial charge is 0.347 e. The van der Waals surface area contributed by atoms with Gasteiger partial charge in [-0.15, -0.1) is 11.6 Å². The van der Waals surface area contributed by atoms with E-state index in [1.54, 1.807) is 19.0 Å². The molecule has 1 heterocycles. The van der Waals surface area contributed by atoms with E-state index in [2.05, 4.69) is 15.0 Å². The first kappa shape index (κ1) is 17.5. The lowest BCUT2D eigenvalue weighted by Crippen LogP contribution is -2.24. The number of aliphatic imine (C=N–C) groups is 3. The monoisotopic (exact) mass is 327 g/mol. The Morgan fingerprint density at radius 1 is 1.45 bits per heavy atom. The number of nitrogens with zero attached hydrogens (tertiary/aromatic N) is 5. The molecule has 10 heteroatoms. The second-order valence-electron chi connectivity index (χ2n) is 4.46. The molecule has 0 bridgehead atoms. The molecule has 0 saturated heterocycles. The lowest BCUT2D eigenvalue weighted by atomic mass is 9.99. The van der Waals surface area contributed by atoms with Gasteiger partial charge in [0.25, 0.3) is 5.96 Å². The summed E-state index contributed by atoms with van der Waals surface area (Å²) in [6.45, 7) is 1.89. The SMILES string of the molecule is CC1=N/C(=N\C(=N)N(C)C)N=C2C=CC(Cl)C=C12.O=[N+](O)O. The number of alkyl halides is 1. The number of nitrogens with one attached hydrogen (secondary N) is 1. The summed E-state index contributed by atoms with van der Waals surface area (Å²) >= 11 is 6.02. The summed E-state index contributed by atoms with van der Waals surface area (Å²) in [5.74, 6) is 0.421. The Labute approximate surface area is 131 Å². The summed E-state index contributed by atoms with van der Waals surface area (Å²) in [5.41, 5.74) is 2.55. The van der Waals surface area contributed by atoms with Crippen LogP contribution in [-0.4, -0.2) is 63.2 Å². The molecule has 0 radical (unpaired) electrons. The van der Waals surface area contributed by atoms with E-state index < -0.39 is 5.09 Å². The van der Waals surface area contributed by atoms with Crippen LogP contribution in [0.25, 0.3) is 0 Å². The standard InChI is InChI=1S/C12H14ClN5.H2NO3/c1-7-9-6-8(13)4-5-10(9)16-12(15-7)17-11(14)18(2)3;2-1(3)4/h4-6,8,14H,1-3H3;(H2,2,3,4)/q;+1/b14-11?,17-12+;. The molecule has 0 aromatic rings. The van der Waals surface area contributed by atoms with Gasteiger partial charge >= 0.3 is 5.09 Å². The minimum absolute atomic E-state index is 0.119. The molecular formula is C12H16ClN6O3+. The van der Waals surface area contributed by atoms with Gasteiger partial charge in [-0.1, -0.05) is 12.2 Å². The number of hydrogen-bond acceptors (Lipinski definition) is 2. The molecule has 3 N–H and O–H groups in total. The van der Waals surface area contributed by atoms with Crippen molar-refractivity contribution in [3.63, 3.8) is 0 Å². The average Bonchev–Trinajstić information content (AvgIpc) is 2.39. The van der Waals surface area contributed by atoms with Crippen LogP contribution in [0.1, 0.15) is 6.92 Å². The first-order valence-electron chi connectivity index (χ1n) is 6.09. The Hall–Kier alpha value is -2.55. The molecular weight excluding hydrogens is 312 g/mol. The Bertz CT molecular complexity index is 629. The van der Waals surface area contributed by atoms with E-state index in [0.29, 0.717) is 5.96 Å². The molecule has 0 fully saturated rings. The lowest BCUT2D eigenvalue weighted by Gasteiger charge is -2.18. The number of allylic oxidation sites excluding steroid dienone is 4. The van der Waals surface area contributed by atoms with Crippen LogP contribution in [0, 0.1) is 10.3 Å². The van der Waals surface area contributed by atoms with Crippen LogP contribution in [0.15, 0.2) is 38.8 Å². The largest absolute Gasteiger partial charge is 0.472 e. The van der Waals surface area contributed by atoms with E-state index in [1.165, 1.54) is 0 Å². The molecule has 9 nitrogen and oxygen atoms in total. The first-order valence-corrected chi connectivity index (χ1v) is 6.52. The summed E-state index contributed by atoms with van der Waals surface area (Å²) in [6, 6.07) is 0. The van der Waals surface area contributed by atoms with E-state index in [0.717, 1.165) is 17.0 Å². The van der Waals surface area contributed by atoms with Crippen LogP contribution >= 0.6 is 11.6 Å². The van der Waals surface area contributed by atoms with Crippen LogP contribution in [0.4, 0.5) is 0 Å². The van der Waals surface area contributed by atoms with Crippen molar-refractivity contribution in [2.75, 3.05) is 14.1 Å². The molecule has 0 spiro atoms. The van der Waals surface area contributed by atoms with Crippen LogP contribution in [0.5, 0.6) is 0 Å². The highest BCUT2D eigenvalue weighted by molar-refractivity contribution is 6.36. The van der Waals surface area contributed by atoms with E-state index in [-0.39, 0.29) is 11.3 Å². The highest BCUT2D eigenvalue weighted by Crippen LogP contribution is 2.19.